The van der Waals surface area contributed by atoms with Crippen molar-refractivity contribution in [1.29, 1.82) is 0 Å². The first-order chi connectivity index (χ1) is 9.10. The van der Waals surface area contributed by atoms with Gasteiger partial charge in [-0.05, 0) is 13.0 Å². The Morgan fingerprint density at radius 3 is 2.95 bits per heavy atom. The van der Waals surface area contributed by atoms with Crippen molar-refractivity contribution in [2.75, 3.05) is 20.3 Å². The highest BCUT2D eigenvalue weighted by atomic mass is 16.6. The number of carbonyl (C=O) groups is 1. The van der Waals surface area contributed by atoms with E-state index in [0.717, 1.165) is 5.56 Å². The lowest BCUT2D eigenvalue weighted by Gasteiger charge is -2.16. The minimum absolute atomic E-state index is 0.148. The second-order valence-electron chi connectivity index (χ2n) is 4.41. The first kappa shape index (κ1) is 13.5. The lowest BCUT2D eigenvalue weighted by molar-refractivity contribution is 0.104. The number of carbonyl (C=O) groups excluding carboxylic acids is 1. The van der Waals surface area contributed by atoms with Gasteiger partial charge in [-0.15, -0.1) is 0 Å². The summed E-state index contributed by atoms with van der Waals surface area (Å²) in [4.78, 5) is 10.9. The molecule has 2 atom stereocenters. The van der Waals surface area contributed by atoms with Gasteiger partial charge in [0.05, 0.1) is 13.7 Å². The summed E-state index contributed by atoms with van der Waals surface area (Å²) in [6.45, 7) is 2.62. The standard InChI is InChI=1S/C13H18N2O4/c1-8(14)11-4-3-9(17-2)5-12(11)18-7-10-6-15-13(16)19-10/h3-5,8,10H,6-7,14H2,1-2H3,(H,15,16). The molecular formula is C13H18N2O4. The number of alkyl carbamates (subject to hydrolysis) is 1. The predicted molar refractivity (Wildman–Crippen MR) is 69.4 cm³/mol. The molecule has 1 heterocycles. The molecule has 1 aliphatic rings. The first-order valence-electron chi connectivity index (χ1n) is 6.11. The van der Waals surface area contributed by atoms with Crippen molar-refractivity contribution in [3.63, 3.8) is 0 Å². The zero-order chi connectivity index (χ0) is 13.8. The summed E-state index contributed by atoms with van der Waals surface area (Å²) in [5.74, 6) is 1.35. The molecule has 1 saturated heterocycles. The Bertz CT molecular complexity index is 462. The molecule has 0 radical (unpaired) electrons. The van der Waals surface area contributed by atoms with Gasteiger partial charge in [-0.25, -0.2) is 4.79 Å². The molecule has 19 heavy (non-hydrogen) atoms. The average Bonchev–Trinajstić information content (AvgIpc) is 2.81. The predicted octanol–water partition coefficient (Wildman–Crippen LogP) is 1.20. The monoisotopic (exact) mass is 266 g/mol. The number of rotatable bonds is 5. The molecule has 0 saturated carbocycles. The number of ether oxygens (including phenoxy) is 3. The summed E-state index contributed by atoms with van der Waals surface area (Å²) in [5, 5.41) is 2.58. The Kier molecular flexibility index (Phi) is 4.11. The van der Waals surface area contributed by atoms with Gasteiger partial charge >= 0.3 is 6.09 Å². The molecule has 1 aromatic carbocycles. The summed E-state index contributed by atoms with van der Waals surface area (Å²) in [7, 11) is 1.59. The van der Waals surface area contributed by atoms with E-state index in [-0.39, 0.29) is 18.8 Å². The van der Waals surface area contributed by atoms with Crippen LogP contribution in [-0.4, -0.2) is 32.5 Å². The van der Waals surface area contributed by atoms with Crippen LogP contribution in [0.2, 0.25) is 0 Å². The highest BCUT2D eigenvalue weighted by Gasteiger charge is 2.23. The zero-order valence-electron chi connectivity index (χ0n) is 11.0. The van der Waals surface area contributed by atoms with Crippen LogP contribution in [0.15, 0.2) is 18.2 Å². The van der Waals surface area contributed by atoms with Crippen LogP contribution < -0.4 is 20.5 Å². The van der Waals surface area contributed by atoms with Crippen LogP contribution in [0.3, 0.4) is 0 Å². The number of methoxy groups -OCH3 is 1. The Balaban J connectivity index is 2.06. The van der Waals surface area contributed by atoms with Gasteiger partial charge in [0.1, 0.15) is 18.1 Å². The van der Waals surface area contributed by atoms with Gasteiger partial charge in [-0.1, -0.05) is 6.07 Å². The minimum Gasteiger partial charge on any atom is -0.497 e. The quantitative estimate of drug-likeness (QED) is 0.836. The van der Waals surface area contributed by atoms with E-state index in [9.17, 15) is 4.79 Å². The maximum atomic E-state index is 10.9. The summed E-state index contributed by atoms with van der Waals surface area (Å²) in [5.41, 5.74) is 6.78. The molecule has 0 bridgehead atoms. The van der Waals surface area contributed by atoms with Crippen molar-refractivity contribution in [2.24, 2.45) is 5.73 Å². The fourth-order valence-electron chi connectivity index (χ4n) is 1.85. The smallest absolute Gasteiger partial charge is 0.407 e. The number of hydrogen-bond acceptors (Lipinski definition) is 5. The van der Waals surface area contributed by atoms with Crippen molar-refractivity contribution in [3.05, 3.63) is 23.8 Å². The molecule has 6 nitrogen and oxygen atoms in total. The van der Waals surface area contributed by atoms with Crippen LogP contribution in [0, 0.1) is 0 Å². The van der Waals surface area contributed by atoms with Gasteiger partial charge in [0.25, 0.3) is 0 Å². The third kappa shape index (κ3) is 3.29. The van der Waals surface area contributed by atoms with E-state index >= 15 is 0 Å². The number of nitrogens with two attached hydrogens (primary N) is 1. The zero-order valence-corrected chi connectivity index (χ0v) is 11.0. The maximum Gasteiger partial charge on any atom is 0.407 e. The molecule has 2 rings (SSSR count). The fourth-order valence-corrected chi connectivity index (χ4v) is 1.85. The third-order valence-electron chi connectivity index (χ3n) is 2.88. The molecule has 1 fully saturated rings. The molecule has 1 amide bonds. The normalized spacial score (nSPS) is 19.5. The molecule has 6 heteroatoms. The number of benzene rings is 1. The Hall–Kier alpha value is -1.95. The van der Waals surface area contributed by atoms with E-state index in [4.69, 9.17) is 19.9 Å². The van der Waals surface area contributed by atoms with Crippen LogP contribution in [0.5, 0.6) is 11.5 Å². The van der Waals surface area contributed by atoms with Gasteiger partial charge in [0, 0.05) is 17.7 Å². The van der Waals surface area contributed by atoms with Crippen molar-refractivity contribution >= 4 is 6.09 Å². The van der Waals surface area contributed by atoms with Crippen molar-refractivity contribution < 1.29 is 19.0 Å². The summed E-state index contributed by atoms with van der Waals surface area (Å²) in [6.07, 6.45) is -0.689. The highest BCUT2D eigenvalue weighted by molar-refractivity contribution is 5.69. The first-order valence-corrected chi connectivity index (χ1v) is 6.11. The fraction of sp³-hybridized carbons (Fsp3) is 0.462. The molecule has 0 aliphatic carbocycles. The number of nitrogens with one attached hydrogen (secondary N) is 1. The van der Waals surface area contributed by atoms with E-state index in [1.54, 1.807) is 13.2 Å². The van der Waals surface area contributed by atoms with Gasteiger partial charge in [0.2, 0.25) is 0 Å². The van der Waals surface area contributed by atoms with Crippen molar-refractivity contribution in [2.45, 2.75) is 19.1 Å². The molecular weight excluding hydrogens is 248 g/mol. The molecule has 0 spiro atoms. The second kappa shape index (κ2) is 5.79. The number of cyclic esters (lactones) is 1. The Morgan fingerprint density at radius 1 is 1.58 bits per heavy atom. The van der Waals surface area contributed by atoms with E-state index in [0.29, 0.717) is 18.0 Å². The molecule has 2 unspecified atom stereocenters. The molecule has 104 valence electrons. The van der Waals surface area contributed by atoms with Gasteiger partial charge in [0.15, 0.2) is 6.10 Å². The van der Waals surface area contributed by atoms with Crippen molar-refractivity contribution in [3.8, 4) is 11.5 Å². The highest BCUT2D eigenvalue weighted by Crippen LogP contribution is 2.28. The van der Waals surface area contributed by atoms with Gasteiger partial charge in [-0.2, -0.15) is 0 Å². The summed E-state index contributed by atoms with van der Waals surface area (Å²) < 4.78 is 15.9. The van der Waals surface area contributed by atoms with Crippen LogP contribution in [0.25, 0.3) is 0 Å². The number of hydrogen-bond donors (Lipinski definition) is 2. The van der Waals surface area contributed by atoms with Crippen LogP contribution >= 0.6 is 0 Å². The van der Waals surface area contributed by atoms with Gasteiger partial charge < -0.3 is 25.3 Å². The molecule has 3 N–H and O–H groups in total. The lowest BCUT2D eigenvalue weighted by atomic mass is 10.1. The van der Waals surface area contributed by atoms with E-state index in [2.05, 4.69) is 5.32 Å². The molecule has 1 aromatic rings. The van der Waals surface area contributed by atoms with Crippen LogP contribution in [0.1, 0.15) is 18.5 Å². The van der Waals surface area contributed by atoms with Crippen LogP contribution in [0.4, 0.5) is 4.79 Å². The summed E-state index contributed by atoms with van der Waals surface area (Å²) >= 11 is 0. The maximum absolute atomic E-state index is 10.9. The van der Waals surface area contributed by atoms with E-state index < -0.39 is 6.09 Å². The average molecular weight is 266 g/mol. The number of amides is 1. The Labute approximate surface area is 111 Å². The Morgan fingerprint density at radius 2 is 2.37 bits per heavy atom. The SMILES string of the molecule is COc1ccc(C(C)N)c(OCC2CNC(=O)O2)c1. The molecule has 1 aliphatic heterocycles. The largest absolute Gasteiger partial charge is 0.497 e. The van der Waals surface area contributed by atoms with E-state index in [1.165, 1.54) is 0 Å². The second-order valence-corrected chi connectivity index (χ2v) is 4.41. The van der Waals surface area contributed by atoms with Crippen molar-refractivity contribution in [1.82, 2.24) is 5.32 Å². The summed E-state index contributed by atoms with van der Waals surface area (Å²) in [6, 6.07) is 5.34. The topological polar surface area (TPSA) is 82.8 Å². The lowest BCUT2D eigenvalue weighted by Crippen LogP contribution is -2.22. The third-order valence-corrected chi connectivity index (χ3v) is 2.88. The van der Waals surface area contributed by atoms with Crippen LogP contribution in [-0.2, 0) is 4.74 Å². The van der Waals surface area contributed by atoms with E-state index in [1.807, 2.05) is 19.1 Å². The van der Waals surface area contributed by atoms with Gasteiger partial charge in [-0.3, -0.25) is 0 Å². The minimum atomic E-state index is -0.411. The molecule has 0 aromatic heterocycles.